The Hall–Kier alpha value is -1.02. The van der Waals surface area contributed by atoms with E-state index in [0.29, 0.717) is 27.9 Å². The van der Waals surface area contributed by atoms with Crippen LogP contribution in [0.5, 0.6) is 0 Å². The van der Waals surface area contributed by atoms with E-state index in [1.165, 1.54) is 16.7 Å². The predicted octanol–water partition coefficient (Wildman–Crippen LogP) is 5.64. The van der Waals surface area contributed by atoms with Gasteiger partial charge in [0.15, 0.2) is 0 Å². The van der Waals surface area contributed by atoms with Crippen LogP contribution in [0, 0.1) is 5.92 Å². The highest BCUT2D eigenvalue weighted by atomic mass is 35.5. The van der Waals surface area contributed by atoms with Gasteiger partial charge in [0, 0.05) is 12.0 Å². The highest BCUT2D eigenvalue weighted by molar-refractivity contribution is 6.42. The Morgan fingerprint density at radius 3 is 2.48 bits per heavy atom. The fraction of sp³-hybridized carbons (Fsp3) is 0.400. The molecule has 0 unspecified atom stereocenters. The molecule has 2 aromatic rings. The zero-order chi connectivity index (χ0) is 16.6. The summed E-state index contributed by atoms with van der Waals surface area (Å²) in [4.78, 5) is 2.32. The Bertz CT molecular complexity index is 696. The smallest absolute Gasteiger partial charge is 0.0595 e. The second-order valence-corrected chi connectivity index (χ2v) is 7.64. The van der Waals surface area contributed by atoms with Crippen LogP contribution >= 0.6 is 23.2 Å². The van der Waals surface area contributed by atoms with Crippen LogP contribution in [0.4, 0.5) is 0 Å². The van der Waals surface area contributed by atoms with Gasteiger partial charge in [-0.15, -0.1) is 0 Å². The van der Waals surface area contributed by atoms with Crippen LogP contribution in [-0.4, -0.2) is 25.0 Å². The molecule has 2 aromatic carbocycles. The van der Waals surface area contributed by atoms with Crippen molar-refractivity contribution < 1.29 is 0 Å². The number of hydrogen-bond donors (Lipinski definition) is 0. The van der Waals surface area contributed by atoms with Crippen molar-refractivity contribution in [1.82, 2.24) is 4.90 Å². The Morgan fingerprint density at radius 2 is 1.78 bits per heavy atom. The Morgan fingerprint density at radius 1 is 1.04 bits per heavy atom. The van der Waals surface area contributed by atoms with Crippen molar-refractivity contribution in [3.63, 3.8) is 0 Å². The summed E-state index contributed by atoms with van der Waals surface area (Å²) in [5, 5.41) is 1.27. The molecule has 0 radical (unpaired) electrons. The lowest BCUT2D eigenvalue weighted by Crippen LogP contribution is -2.36. The molecule has 122 valence electrons. The van der Waals surface area contributed by atoms with Gasteiger partial charge in [0.25, 0.3) is 0 Å². The molecule has 3 atom stereocenters. The average Bonchev–Trinajstić information content (AvgIpc) is 2.55. The van der Waals surface area contributed by atoms with Gasteiger partial charge < -0.3 is 4.90 Å². The van der Waals surface area contributed by atoms with Crippen LogP contribution in [0.3, 0.4) is 0 Å². The SMILES string of the molecule is C[C@H]([C@@H]1Cc2ccccc2[C@H](c2ccc(Cl)c(Cl)c2)C1)N(C)C. The highest BCUT2D eigenvalue weighted by Gasteiger charge is 2.31. The summed E-state index contributed by atoms with van der Waals surface area (Å²) in [5.74, 6) is 1.03. The summed E-state index contributed by atoms with van der Waals surface area (Å²) < 4.78 is 0. The molecule has 0 spiro atoms. The topological polar surface area (TPSA) is 3.24 Å². The van der Waals surface area contributed by atoms with Gasteiger partial charge in [-0.1, -0.05) is 53.5 Å². The summed E-state index contributed by atoms with van der Waals surface area (Å²) >= 11 is 12.4. The zero-order valence-corrected chi connectivity index (χ0v) is 15.4. The van der Waals surface area contributed by atoms with E-state index in [-0.39, 0.29) is 0 Å². The predicted molar refractivity (Wildman–Crippen MR) is 99.7 cm³/mol. The van der Waals surface area contributed by atoms with Crippen LogP contribution in [-0.2, 0) is 6.42 Å². The second kappa shape index (κ2) is 6.84. The molecule has 1 aliphatic rings. The van der Waals surface area contributed by atoms with Gasteiger partial charge in [0.05, 0.1) is 10.0 Å². The number of benzene rings is 2. The number of rotatable bonds is 3. The Balaban J connectivity index is 2.01. The van der Waals surface area contributed by atoms with E-state index in [1.807, 2.05) is 12.1 Å². The first-order valence-electron chi connectivity index (χ1n) is 8.16. The Kier molecular flexibility index (Phi) is 5.01. The first kappa shape index (κ1) is 16.8. The van der Waals surface area contributed by atoms with Gasteiger partial charge in [-0.25, -0.2) is 0 Å². The van der Waals surface area contributed by atoms with Crippen LogP contribution in [0.15, 0.2) is 42.5 Å². The molecular weight excluding hydrogens is 325 g/mol. The molecule has 1 nitrogen and oxygen atoms in total. The Labute approximate surface area is 149 Å². The molecule has 0 saturated heterocycles. The van der Waals surface area contributed by atoms with Crippen molar-refractivity contribution in [2.75, 3.05) is 14.1 Å². The standard InChI is InChI=1S/C20H23Cl2N/c1-13(23(2)3)16-10-14-6-4-5-7-17(14)18(11-16)15-8-9-19(21)20(22)12-15/h4-9,12-13,16,18H,10-11H2,1-3H3/t13-,16-,18+/m1/s1. The molecule has 0 amide bonds. The summed E-state index contributed by atoms with van der Waals surface area (Å²) in [6.07, 6.45) is 2.29. The average molecular weight is 348 g/mol. The van der Waals surface area contributed by atoms with E-state index in [2.05, 4.69) is 56.3 Å². The minimum absolute atomic E-state index is 0.391. The fourth-order valence-corrected chi connectivity index (χ4v) is 4.00. The van der Waals surface area contributed by atoms with E-state index in [0.717, 1.165) is 12.8 Å². The molecule has 0 saturated carbocycles. The van der Waals surface area contributed by atoms with Crippen LogP contribution in [0.2, 0.25) is 10.0 Å². The molecule has 0 heterocycles. The monoisotopic (exact) mass is 347 g/mol. The third-order valence-electron chi connectivity index (χ3n) is 5.29. The van der Waals surface area contributed by atoms with Crippen molar-refractivity contribution in [3.05, 3.63) is 69.2 Å². The third-order valence-corrected chi connectivity index (χ3v) is 6.03. The van der Waals surface area contributed by atoms with E-state index >= 15 is 0 Å². The summed E-state index contributed by atoms with van der Waals surface area (Å²) in [5.41, 5.74) is 4.17. The maximum absolute atomic E-state index is 6.27. The van der Waals surface area contributed by atoms with E-state index in [9.17, 15) is 0 Å². The van der Waals surface area contributed by atoms with Gasteiger partial charge in [-0.2, -0.15) is 0 Å². The number of fused-ring (bicyclic) bond motifs is 1. The van der Waals surface area contributed by atoms with Crippen LogP contribution in [0.25, 0.3) is 0 Å². The normalized spacial score (nSPS) is 22.0. The molecule has 0 aromatic heterocycles. The quantitative estimate of drug-likeness (QED) is 0.694. The lowest BCUT2D eigenvalue weighted by Gasteiger charge is -2.37. The zero-order valence-electron chi connectivity index (χ0n) is 13.9. The van der Waals surface area contributed by atoms with Gasteiger partial charge in [-0.05, 0) is 68.6 Å². The lowest BCUT2D eigenvalue weighted by atomic mass is 9.72. The summed E-state index contributed by atoms with van der Waals surface area (Å²) in [6, 6.07) is 15.4. The van der Waals surface area contributed by atoms with Crippen molar-refractivity contribution in [3.8, 4) is 0 Å². The molecule has 23 heavy (non-hydrogen) atoms. The van der Waals surface area contributed by atoms with Crippen LogP contribution in [0.1, 0.15) is 36.0 Å². The highest BCUT2D eigenvalue weighted by Crippen LogP contribution is 2.42. The van der Waals surface area contributed by atoms with Crippen molar-refractivity contribution in [2.24, 2.45) is 5.92 Å². The summed E-state index contributed by atoms with van der Waals surface area (Å²) in [7, 11) is 4.33. The minimum Gasteiger partial charge on any atom is -0.306 e. The molecule has 0 fully saturated rings. The number of nitrogens with zero attached hydrogens (tertiary/aromatic N) is 1. The molecule has 3 rings (SSSR count). The largest absolute Gasteiger partial charge is 0.306 e. The van der Waals surface area contributed by atoms with Crippen LogP contribution < -0.4 is 0 Å². The van der Waals surface area contributed by atoms with E-state index in [1.54, 1.807) is 0 Å². The maximum atomic E-state index is 6.27. The molecule has 0 aliphatic heterocycles. The molecule has 3 heteroatoms. The molecule has 1 aliphatic carbocycles. The number of hydrogen-bond acceptors (Lipinski definition) is 1. The van der Waals surface area contributed by atoms with Gasteiger partial charge in [0.2, 0.25) is 0 Å². The van der Waals surface area contributed by atoms with E-state index < -0.39 is 0 Å². The first-order chi connectivity index (χ1) is 11.0. The third kappa shape index (κ3) is 3.42. The van der Waals surface area contributed by atoms with Crippen molar-refractivity contribution in [2.45, 2.75) is 31.7 Å². The molecular formula is C20H23Cl2N. The van der Waals surface area contributed by atoms with Gasteiger partial charge >= 0.3 is 0 Å². The van der Waals surface area contributed by atoms with Gasteiger partial charge in [-0.3, -0.25) is 0 Å². The van der Waals surface area contributed by atoms with Gasteiger partial charge in [0.1, 0.15) is 0 Å². The minimum atomic E-state index is 0.391. The number of halogens is 2. The molecule has 0 N–H and O–H groups in total. The second-order valence-electron chi connectivity index (χ2n) is 6.83. The van der Waals surface area contributed by atoms with Crippen molar-refractivity contribution in [1.29, 1.82) is 0 Å². The lowest BCUT2D eigenvalue weighted by molar-refractivity contribution is 0.205. The molecule has 0 bridgehead atoms. The van der Waals surface area contributed by atoms with Crippen molar-refractivity contribution >= 4 is 23.2 Å². The fourth-order valence-electron chi connectivity index (χ4n) is 3.69. The maximum Gasteiger partial charge on any atom is 0.0595 e. The first-order valence-corrected chi connectivity index (χ1v) is 8.92. The van der Waals surface area contributed by atoms with E-state index in [4.69, 9.17) is 23.2 Å². The summed E-state index contributed by atoms with van der Waals surface area (Å²) in [6.45, 7) is 2.32.